The molecular formula is C14H22FNO. The van der Waals surface area contributed by atoms with Gasteiger partial charge in [-0.15, -0.1) is 0 Å². The Bertz CT molecular complexity index is 335. The summed E-state index contributed by atoms with van der Waals surface area (Å²) in [5.74, 6) is -0.206. The van der Waals surface area contributed by atoms with Crippen LogP contribution in [0.1, 0.15) is 32.3 Å². The summed E-state index contributed by atoms with van der Waals surface area (Å²) < 4.78 is 18.1. The first-order valence-electron chi connectivity index (χ1n) is 5.98. The molecule has 3 heteroatoms. The molecule has 0 aliphatic carbocycles. The maximum atomic E-state index is 12.7. The maximum Gasteiger partial charge on any atom is 0.123 e. The quantitative estimate of drug-likeness (QED) is 0.828. The smallest absolute Gasteiger partial charge is 0.123 e. The summed E-state index contributed by atoms with van der Waals surface area (Å²) in [5.41, 5.74) is 7.01. The van der Waals surface area contributed by atoms with E-state index in [0.29, 0.717) is 0 Å². The summed E-state index contributed by atoms with van der Waals surface area (Å²) in [5, 5.41) is 0. The van der Waals surface area contributed by atoms with Crippen LogP contribution in [0.25, 0.3) is 0 Å². The van der Waals surface area contributed by atoms with Gasteiger partial charge in [0, 0.05) is 13.2 Å². The fraction of sp³-hybridized carbons (Fsp3) is 0.571. The summed E-state index contributed by atoms with van der Waals surface area (Å²) >= 11 is 0. The number of halogens is 1. The lowest BCUT2D eigenvalue weighted by molar-refractivity contribution is 0.0125. The fourth-order valence-electron chi connectivity index (χ4n) is 1.66. The van der Waals surface area contributed by atoms with Crippen LogP contribution in [-0.2, 0) is 11.2 Å². The summed E-state index contributed by atoms with van der Waals surface area (Å²) in [7, 11) is 1.71. The Labute approximate surface area is 103 Å². The lowest BCUT2D eigenvalue weighted by Crippen LogP contribution is -2.29. The molecule has 1 atom stereocenters. The number of ether oxygens (including phenoxy) is 1. The van der Waals surface area contributed by atoms with Crippen molar-refractivity contribution in [1.82, 2.24) is 0 Å². The molecule has 1 unspecified atom stereocenters. The monoisotopic (exact) mass is 239 g/mol. The van der Waals surface area contributed by atoms with E-state index < -0.39 is 0 Å². The van der Waals surface area contributed by atoms with E-state index in [0.717, 1.165) is 24.8 Å². The highest BCUT2D eigenvalue weighted by molar-refractivity contribution is 5.17. The largest absolute Gasteiger partial charge is 0.379 e. The standard InChI is InChI=1S/C14H22FNO/c1-14(2,17-3)9-8-13(16)10-11-4-6-12(15)7-5-11/h4-7,13H,8-10,16H2,1-3H3. The average Bonchev–Trinajstić information content (AvgIpc) is 2.30. The summed E-state index contributed by atoms with van der Waals surface area (Å²) in [6.45, 7) is 4.11. The lowest BCUT2D eigenvalue weighted by Gasteiger charge is -2.24. The predicted octanol–water partition coefficient (Wildman–Crippen LogP) is 2.90. The summed E-state index contributed by atoms with van der Waals surface area (Å²) in [4.78, 5) is 0. The zero-order valence-electron chi connectivity index (χ0n) is 10.9. The zero-order chi connectivity index (χ0) is 12.9. The van der Waals surface area contributed by atoms with Crippen LogP contribution in [-0.4, -0.2) is 18.8 Å². The van der Waals surface area contributed by atoms with Crippen LogP contribution >= 0.6 is 0 Å². The third kappa shape index (κ3) is 5.29. The number of benzene rings is 1. The molecule has 17 heavy (non-hydrogen) atoms. The van der Waals surface area contributed by atoms with Crippen molar-refractivity contribution in [2.75, 3.05) is 7.11 Å². The second-order valence-electron chi connectivity index (χ2n) is 5.09. The van der Waals surface area contributed by atoms with Crippen molar-refractivity contribution in [3.8, 4) is 0 Å². The van der Waals surface area contributed by atoms with Gasteiger partial charge < -0.3 is 10.5 Å². The predicted molar refractivity (Wildman–Crippen MR) is 68.4 cm³/mol. The van der Waals surface area contributed by atoms with Gasteiger partial charge in [0.05, 0.1) is 5.60 Å². The molecule has 1 rings (SSSR count). The molecule has 0 aromatic heterocycles. The first kappa shape index (κ1) is 14.1. The van der Waals surface area contributed by atoms with Gasteiger partial charge in [-0.2, -0.15) is 0 Å². The highest BCUT2D eigenvalue weighted by atomic mass is 19.1. The minimum absolute atomic E-state index is 0.0925. The van der Waals surface area contributed by atoms with E-state index in [1.807, 2.05) is 0 Å². The van der Waals surface area contributed by atoms with Gasteiger partial charge in [-0.25, -0.2) is 4.39 Å². The van der Waals surface area contributed by atoms with Crippen LogP contribution in [0.3, 0.4) is 0 Å². The number of hydrogen-bond acceptors (Lipinski definition) is 2. The van der Waals surface area contributed by atoms with Gasteiger partial charge >= 0.3 is 0 Å². The molecule has 0 bridgehead atoms. The van der Waals surface area contributed by atoms with Gasteiger partial charge in [0.15, 0.2) is 0 Å². The average molecular weight is 239 g/mol. The van der Waals surface area contributed by atoms with E-state index in [1.165, 1.54) is 12.1 Å². The normalized spacial score (nSPS) is 13.7. The third-order valence-corrected chi connectivity index (χ3v) is 3.08. The van der Waals surface area contributed by atoms with Crippen molar-refractivity contribution in [3.05, 3.63) is 35.6 Å². The van der Waals surface area contributed by atoms with E-state index in [9.17, 15) is 4.39 Å². The van der Waals surface area contributed by atoms with Crippen LogP contribution < -0.4 is 5.73 Å². The van der Waals surface area contributed by atoms with Crippen molar-refractivity contribution in [1.29, 1.82) is 0 Å². The van der Waals surface area contributed by atoms with Crippen molar-refractivity contribution in [3.63, 3.8) is 0 Å². The minimum atomic E-state index is -0.206. The van der Waals surface area contributed by atoms with Gasteiger partial charge in [-0.3, -0.25) is 0 Å². The molecule has 1 aromatic rings. The Hall–Kier alpha value is -0.930. The van der Waals surface area contributed by atoms with Gasteiger partial charge in [0.1, 0.15) is 5.82 Å². The number of methoxy groups -OCH3 is 1. The Morgan fingerprint density at radius 3 is 2.41 bits per heavy atom. The minimum Gasteiger partial charge on any atom is -0.379 e. The van der Waals surface area contributed by atoms with Gasteiger partial charge in [0.25, 0.3) is 0 Å². The van der Waals surface area contributed by atoms with Crippen LogP contribution in [0.15, 0.2) is 24.3 Å². The Morgan fingerprint density at radius 1 is 1.29 bits per heavy atom. The first-order chi connectivity index (χ1) is 7.93. The topological polar surface area (TPSA) is 35.2 Å². The molecule has 0 fully saturated rings. The van der Waals surface area contributed by atoms with E-state index >= 15 is 0 Å². The SMILES string of the molecule is COC(C)(C)CCC(N)Cc1ccc(F)cc1. The Kier molecular flexibility index (Phi) is 5.09. The van der Waals surface area contributed by atoms with Crippen molar-refractivity contribution in [2.24, 2.45) is 5.73 Å². The molecule has 0 spiro atoms. The zero-order valence-corrected chi connectivity index (χ0v) is 10.9. The summed E-state index contributed by atoms with van der Waals surface area (Å²) in [6.07, 6.45) is 2.60. The molecule has 96 valence electrons. The second kappa shape index (κ2) is 6.12. The third-order valence-electron chi connectivity index (χ3n) is 3.08. The Morgan fingerprint density at radius 2 is 1.88 bits per heavy atom. The molecule has 0 heterocycles. The van der Waals surface area contributed by atoms with Crippen molar-refractivity contribution < 1.29 is 9.13 Å². The van der Waals surface area contributed by atoms with Crippen LogP contribution in [0.2, 0.25) is 0 Å². The molecule has 0 aliphatic heterocycles. The highest BCUT2D eigenvalue weighted by Crippen LogP contribution is 2.17. The first-order valence-corrected chi connectivity index (χ1v) is 5.98. The second-order valence-corrected chi connectivity index (χ2v) is 5.09. The molecule has 2 N–H and O–H groups in total. The molecule has 0 saturated heterocycles. The van der Waals surface area contributed by atoms with Crippen LogP contribution in [0.4, 0.5) is 4.39 Å². The molecular weight excluding hydrogens is 217 g/mol. The summed E-state index contributed by atoms with van der Waals surface area (Å²) in [6, 6.07) is 6.62. The van der Waals surface area contributed by atoms with E-state index in [2.05, 4.69) is 13.8 Å². The molecule has 1 aromatic carbocycles. The van der Waals surface area contributed by atoms with Crippen molar-refractivity contribution >= 4 is 0 Å². The van der Waals surface area contributed by atoms with E-state index in [4.69, 9.17) is 10.5 Å². The number of hydrogen-bond donors (Lipinski definition) is 1. The van der Waals surface area contributed by atoms with Crippen LogP contribution in [0, 0.1) is 5.82 Å². The molecule has 0 aliphatic rings. The Balaban J connectivity index is 2.39. The molecule has 0 amide bonds. The molecule has 2 nitrogen and oxygen atoms in total. The van der Waals surface area contributed by atoms with Gasteiger partial charge in [0.2, 0.25) is 0 Å². The highest BCUT2D eigenvalue weighted by Gasteiger charge is 2.17. The van der Waals surface area contributed by atoms with Gasteiger partial charge in [-0.05, 0) is 50.8 Å². The maximum absolute atomic E-state index is 12.7. The van der Waals surface area contributed by atoms with Crippen molar-refractivity contribution in [2.45, 2.75) is 44.8 Å². The lowest BCUT2D eigenvalue weighted by atomic mass is 9.96. The molecule has 0 saturated carbocycles. The number of nitrogens with two attached hydrogens (primary N) is 1. The van der Waals surface area contributed by atoms with E-state index in [1.54, 1.807) is 19.2 Å². The van der Waals surface area contributed by atoms with Gasteiger partial charge in [-0.1, -0.05) is 12.1 Å². The fourth-order valence-corrected chi connectivity index (χ4v) is 1.66. The number of rotatable bonds is 6. The van der Waals surface area contributed by atoms with Crippen LogP contribution in [0.5, 0.6) is 0 Å². The molecule has 0 radical (unpaired) electrons. The van der Waals surface area contributed by atoms with E-state index in [-0.39, 0.29) is 17.5 Å².